The van der Waals surface area contributed by atoms with Crippen molar-refractivity contribution >= 4 is 23.0 Å². The van der Waals surface area contributed by atoms with E-state index in [1.807, 2.05) is 0 Å². The van der Waals surface area contributed by atoms with Gasteiger partial charge in [0.05, 0.1) is 13.2 Å². The molecule has 4 aromatic carbocycles. The van der Waals surface area contributed by atoms with Crippen LogP contribution in [0.25, 0.3) is 28.4 Å². The summed E-state index contributed by atoms with van der Waals surface area (Å²) in [6.07, 6.45) is -13.9. The first-order chi connectivity index (χ1) is 28.7. The van der Waals surface area contributed by atoms with E-state index < -0.39 is 103 Å². The molecule has 0 amide bonds. The molecule has 2 aliphatic rings. The molecule has 0 aliphatic carbocycles. The van der Waals surface area contributed by atoms with Crippen LogP contribution in [0.1, 0.15) is 16.7 Å². The van der Waals surface area contributed by atoms with Crippen molar-refractivity contribution in [3.05, 3.63) is 112 Å². The van der Waals surface area contributed by atoms with Crippen molar-refractivity contribution in [3.63, 3.8) is 0 Å². The smallest absolute Gasteiger partial charge is 0.331 e. The van der Waals surface area contributed by atoms with E-state index >= 15 is 0 Å². The average molecular weight is 833 g/mol. The molecular formula is C42H40O18. The summed E-state index contributed by atoms with van der Waals surface area (Å²) in [4.78, 5) is 27.5. The number of aliphatic hydroxyl groups is 5. The minimum atomic E-state index is -1.99. The number of benzene rings is 4. The van der Waals surface area contributed by atoms with Gasteiger partial charge in [-0.2, -0.15) is 0 Å². The first-order valence-corrected chi connectivity index (χ1v) is 18.4. The van der Waals surface area contributed by atoms with Crippen LogP contribution < -0.4 is 10.2 Å². The van der Waals surface area contributed by atoms with Crippen molar-refractivity contribution < 1.29 is 84.0 Å². The summed E-state index contributed by atoms with van der Waals surface area (Å²) in [6.45, 7) is -1.43. The number of ether oxygens (including phenoxy) is 5. The molecule has 5 aromatic rings. The van der Waals surface area contributed by atoms with E-state index in [4.69, 9.17) is 28.1 Å². The third-order valence-electron chi connectivity index (χ3n) is 9.97. The van der Waals surface area contributed by atoms with Gasteiger partial charge in [0.2, 0.25) is 17.5 Å². The van der Waals surface area contributed by atoms with Crippen LogP contribution in [0.15, 0.2) is 94.2 Å². The lowest BCUT2D eigenvalue weighted by atomic mass is 9.98. The molecule has 2 fully saturated rings. The van der Waals surface area contributed by atoms with Crippen molar-refractivity contribution in [2.24, 2.45) is 0 Å². The van der Waals surface area contributed by atoms with Gasteiger partial charge in [0.15, 0.2) is 24.3 Å². The Kier molecular flexibility index (Phi) is 12.3. The zero-order valence-electron chi connectivity index (χ0n) is 31.2. The Hall–Kier alpha value is -6.22. The summed E-state index contributed by atoms with van der Waals surface area (Å²) in [7, 11) is 0. The molecule has 18 heteroatoms. The fourth-order valence-corrected chi connectivity index (χ4v) is 6.77. The Balaban J connectivity index is 1.27. The van der Waals surface area contributed by atoms with Gasteiger partial charge in [0.25, 0.3) is 0 Å². The fourth-order valence-electron chi connectivity index (χ4n) is 6.77. The molecule has 0 saturated carbocycles. The maximum absolute atomic E-state index is 14.5. The lowest BCUT2D eigenvalue weighted by molar-refractivity contribution is -0.345. The zero-order valence-corrected chi connectivity index (χ0v) is 31.2. The highest BCUT2D eigenvalue weighted by Gasteiger charge is 2.51. The fraction of sp³-hybridized carbons (Fsp3) is 0.286. The van der Waals surface area contributed by atoms with Crippen molar-refractivity contribution in [1.82, 2.24) is 0 Å². The number of esters is 1. The van der Waals surface area contributed by atoms with Crippen LogP contribution in [0.3, 0.4) is 0 Å². The van der Waals surface area contributed by atoms with Crippen LogP contribution in [0.4, 0.5) is 0 Å². The predicted molar refractivity (Wildman–Crippen MR) is 206 cm³/mol. The van der Waals surface area contributed by atoms with E-state index in [0.29, 0.717) is 11.1 Å². The molecule has 3 heterocycles. The first-order valence-electron chi connectivity index (χ1n) is 18.4. The van der Waals surface area contributed by atoms with Crippen molar-refractivity contribution in [3.8, 4) is 45.8 Å². The third-order valence-corrected chi connectivity index (χ3v) is 9.97. The number of hydrogen-bond donors (Lipinski definition) is 10. The average Bonchev–Trinajstić information content (AvgIpc) is 3.23. The van der Waals surface area contributed by atoms with Crippen LogP contribution in [0.2, 0.25) is 0 Å². The number of carbonyl (C=O) groups is 1. The number of aromatic hydroxyl groups is 5. The van der Waals surface area contributed by atoms with E-state index in [-0.39, 0.29) is 46.1 Å². The van der Waals surface area contributed by atoms with Gasteiger partial charge in [-0.3, -0.25) is 4.79 Å². The van der Waals surface area contributed by atoms with E-state index in [9.17, 15) is 60.7 Å². The lowest BCUT2D eigenvalue weighted by Gasteiger charge is -2.45. The summed E-state index contributed by atoms with van der Waals surface area (Å²) < 4.78 is 35.2. The summed E-state index contributed by atoms with van der Waals surface area (Å²) >= 11 is 0. The third kappa shape index (κ3) is 8.71. The Labute approximate surface area is 339 Å². The highest BCUT2D eigenvalue weighted by atomic mass is 16.8. The highest BCUT2D eigenvalue weighted by Crippen LogP contribution is 2.41. The number of rotatable bonds is 11. The number of phenolic OH excluding ortho intramolecular Hbond substituents is 5. The Morgan fingerprint density at radius 1 is 0.767 bits per heavy atom. The monoisotopic (exact) mass is 832 g/mol. The molecule has 0 bridgehead atoms. The molecular weight excluding hydrogens is 792 g/mol. The lowest BCUT2D eigenvalue weighted by Crippen LogP contribution is -2.64. The standard InChI is InChI=1S/C42H40O18/c43-17-29-33(52)35(54)40(60-41-39(32(51)28(49)18-55-41)57-30(50)14-5-19-1-8-22(44)9-2-19)42(56-29)59-38-34(53)31-27(48)16-26(47)25(15-20-3-10-23(45)11-4-20)37(31)58-36(38)21-6-12-24(46)13-7-21/h1-14,16,28-29,32-33,35,39-49,51-52,54H,15,17-18H2/b14-5+/t28-,29-,32+,33-,35+,39-,40-,41+,42+/m0/s1. The molecule has 316 valence electrons. The van der Waals surface area contributed by atoms with Crippen LogP contribution in [0, 0.1) is 0 Å². The number of hydrogen-bond acceptors (Lipinski definition) is 18. The molecule has 2 aliphatic heterocycles. The van der Waals surface area contributed by atoms with Gasteiger partial charge in [-0.05, 0) is 65.7 Å². The predicted octanol–water partition coefficient (Wildman–Crippen LogP) is 1.49. The SMILES string of the molecule is O=C(/C=C/c1ccc(O)cc1)O[C@@H]1[C@@H](O[C@@H]2[C@@H](Oc3c(-c4ccc(O)cc4)oc4c(Cc5ccc(O)cc5)c(O)cc(O)c4c3=O)O[C@@H](CO)[C@H](O)[C@H]2O)OC[C@H](O)[C@H]1O. The second-order valence-corrected chi connectivity index (χ2v) is 14.1. The number of carbonyl (C=O) groups excluding carboxylic acids is 1. The van der Waals surface area contributed by atoms with Gasteiger partial charge in [-0.15, -0.1) is 0 Å². The maximum atomic E-state index is 14.5. The summed E-state index contributed by atoms with van der Waals surface area (Å²) in [6, 6.07) is 17.9. The molecule has 60 heavy (non-hydrogen) atoms. The van der Waals surface area contributed by atoms with Crippen molar-refractivity contribution in [2.45, 2.75) is 61.7 Å². The van der Waals surface area contributed by atoms with Crippen LogP contribution in [-0.4, -0.2) is 126 Å². The minimum absolute atomic E-state index is 0.00891. The number of aliphatic hydroxyl groups excluding tert-OH is 5. The molecule has 10 N–H and O–H groups in total. The van der Waals surface area contributed by atoms with Gasteiger partial charge in [0, 0.05) is 29.7 Å². The van der Waals surface area contributed by atoms with E-state index in [0.717, 1.165) is 12.1 Å². The Morgan fingerprint density at radius 2 is 1.40 bits per heavy atom. The Morgan fingerprint density at radius 3 is 2.05 bits per heavy atom. The quantitative estimate of drug-likeness (QED) is 0.0666. The second kappa shape index (κ2) is 17.6. The van der Waals surface area contributed by atoms with Crippen LogP contribution in [-0.2, 0) is 30.2 Å². The zero-order chi connectivity index (χ0) is 42.8. The van der Waals surface area contributed by atoms with Gasteiger partial charge in [-0.25, -0.2) is 4.79 Å². The summed E-state index contributed by atoms with van der Waals surface area (Å²) in [5.41, 5.74) is -0.0622. The highest BCUT2D eigenvalue weighted by molar-refractivity contribution is 5.91. The van der Waals surface area contributed by atoms with E-state index in [1.54, 1.807) is 12.1 Å². The summed E-state index contributed by atoms with van der Waals surface area (Å²) in [5.74, 6) is -3.40. The first kappa shape index (κ1) is 41.9. The molecule has 0 spiro atoms. The van der Waals surface area contributed by atoms with Crippen LogP contribution in [0.5, 0.6) is 34.5 Å². The Bertz CT molecular complexity index is 2390. The molecule has 2 saturated heterocycles. The van der Waals surface area contributed by atoms with Crippen molar-refractivity contribution in [2.75, 3.05) is 13.2 Å². The molecule has 7 rings (SSSR count). The van der Waals surface area contributed by atoms with Crippen molar-refractivity contribution in [1.29, 1.82) is 0 Å². The molecule has 9 atom stereocenters. The normalized spacial score (nSPS) is 25.6. The topological polar surface area (TPSA) is 296 Å². The molecule has 0 radical (unpaired) electrons. The number of fused-ring (bicyclic) bond motifs is 1. The molecule has 1 aromatic heterocycles. The van der Waals surface area contributed by atoms with Gasteiger partial charge >= 0.3 is 5.97 Å². The van der Waals surface area contributed by atoms with Gasteiger partial charge in [-0.1, -0.05) is 24.3 Å². The number of phenols is 5. The van der Waals surface area contributed by atoms with E-state index in [2.05, 4.69) is 0 Å². The van der Waals surface area contributed by atoms with E-state index in [1.165, 1.54) is 66.7 Å². The minimum Gasteiger partial charge on any atom is -0.508 e. The maximum Gasteiger partial charge on any atom is 0.331 e. The largest absolute Gasteiger partial charge is 0.508 e. The van der Waals surface area contributed by atoms with Gasteiger partial charge in [0.1, 0.15) is 70.2 Å². The second-order valence-electron chi connectivity index (χ2n) is 14.1. The summed E-state index contributed by atoms with van der Waals surface area (Å²) in [5, 5.41) is 105. The van der Waals surface area contributed by atoms with Gasteiger partial charge < -0.3 is 79.2 Å². The molecule has 0 unspecified atom stereocenters. The van der Waals surface area contributed by atoms with Crippen LogP contribution >= 0.6 is 0 Å². The molecule has 18 nitrogen and oxygen atoms in total.